The molecule has 1 aromatic heterocycles. The minimum Gasteiger partial charge on any atom is -0.312 e. The Morgan fingerprint density at radius 3 is 2.76 bits per heavy atom. The molecule has 1 saturated carbocycles. The van der Waals surface area contributed by atoms with Gasteiger partial charge < -0.3 is 5.32 Å². The second-order valence-corrected chi connectivity index (χ2v) is 8.05. The maximum absolute atomic E-state index is 5.07. The van der Waals surface area contributed by atoms with Gasteiger partial charge in [0.1, 0.15) is 0 Å². The van der Waals surface area contributed by atoms with Crippen LogP contribution in [0.25, 0.3) is 0 Å². The smallest absolute Gasteiger partial charge is 0.0962 e. The molecule has 2 nitrogen and oxygen atoms in total. The molecule has 21 heavy (non-hydrogen) atoms. The van der Waals surface area contributed by atoms with Crippen molar-refractivity contribution in [1.82, 2.24) is 10.3 Å². The first-order valence-electron chi connectivity index (χ1n) is 8.83. The fraction of sp³-hybridized carbons (Fsp3) is 0.833. The van der Waals surface area contributed by atoms with Gasteiger partial charge in [-0.1, -0.05) is 47.0 Å². The van der Waals surface area contributed by atoms with E-state index in [4.69, 9.17) is 4.98 Å². The molecule has 0 spiro atoms. The van der Waals surface area contributed by atoms with E-state index in [1.54, 1.807) is 0 Å². The zero-order valence-electron chi connectivity index (χ0n) is 14.2. The van der Waals surface area contributed by atoms with Crippen molar-refractivity contribution in [3.8, 4) is 0 Å². The van der Waals surface area contributed by atoms with Crippen LogP contribution in [0.15, 0.2) is 0 Å². The van der Waals surface area contributed by atoms with Gasteiger partial charge in [0.05, 0.1) is 10.7 Å². The lowest BCUT2D eigenvalue weighted by Crippen LogP contribution is -2.13. The van der Waals surface area contributed by atoms with Crippen LogP contribution in [0.5, 0.6) is 0 Å². The number of nitrogens with one attached hydrogen (secondary N) is 1. The van der Waals surface area contributed by atoms with E-state index in [9.17, 15) is 0 Å². The minimum absolute atomic E-state index is 0.690. The van der Waals surface area contributed by atoms with Gasteiger partial charge in [-0.2, -0.15) is 0 Å². The third kappa shape index (κ3) is 4.79. The van der Waals surface area contributed by atoms with E-state index >= 15 is 0 Å². The Labute approximate surface area is 134 Å². The molecule has 0 aromatic carbocycles. The first-order valence-corrected chi connectivity index (χ1v) is 9.64. The van der Waals surface area contributed by atoms with E-state index < -0.39 is 0 Å². The number of aromatic nitrogens is 1. The van der Waals surface area contributed by atoms with Crippen LogP contribution in [0, 0.1) is 11.8 Å². The van der Waals surface area contributed by atoms with Crippen LogP contribution >= 0.6 is 11.3 Å². The van der Waals surface area contributed by atoms with E-state index in [1.165, 1.54) is 47.7 Å². The number of hydrogen-bond donors (Lipinski definition) is 1. The van der Waals surface area contributed by atoms with Crippen LogP contribution < -0.4 is 5.32 Å². The van der Waals surface area contributed by atoms with Crippen molar-refractivity contribution in [2.45, 2.75) is 78.7 Å². The normalized spacial score (nSPS) is 22.9. The summed E-state index contributed by atoms with van der Waals surface area (Å²) in [5, 5.41) is 4.91. The molecule has 0 bridgehead atoms. The Balaban J connectivity index is 2.13. The van der Waals surface area contributed by atoms with Crippen molar-refractivity contribution in [2.75, 3.05) is 6.54 Å². The molecule has 1 fully saturated rings. The number of hydrogen-bond acceptors (Lipinski definition) is 3. The van der Waals surface area contributed by atoms with E-state index in [1.807, 2.05) is 11.3 Å². The predicted molar refractivity (Wildman–Crippen MR) is 93.0 cm³/mol. The van der Waals surface area contributed by atoms with Crippen LogP contribution in [-0.4, -0.2) is 11.5 Å². The second-order valence-electron chi connectivity index (χ2n) is 6.94. The van der Waals surface area contributed by atoms with Crippen molar-refractivity contribution in [1.29, 1.82) is 0 Å². The van der Waals surface area contributed by atoms with Crippen LogP contribution in [0.4, 0.5) is 0 Å². The molecule has 0 saturated heterocycles. The Morgan fingerprint density at radius 1 is 1.29 bits per heavy atom. The third-order valence-corrected chi connectivity index (χ3v) is 5.90. The van der Waals surface area contributed by atoms with E-state index in [0.717, 1.165) is 31.3 Å². The highest BCUT2D eigenvalue weighted by Gasteiger charge is 2.25. The van der Waals surface area contributed by atoms with E-state index in [2.05, 4.69) is 33.0 Å². The highest BCUT2D eigenvalue weighted by atomic mass is 32.1. The van der Waals surface area contributed by atoms with Gasteiger partial charge in [0.15, 0.2) is 0 Å². The molecule has 1 aliphatic rings. The molecular weight excluding hydrogens is 276 g/mol. The number of rotatable bonds is 7. The van der Waals surface area contributed by atoms with Gasteiger partial charge in [0, 0.05) is 17.3 Å². The largest absolute Gasteiger partial charge is 0.312 e. The summed E-state index contributed by atoms with van der Waals surface area (Å²) in [6.07, 6.45) is 8.01. The van der Waals surface area contributed by atoms with Gasteiger partial charge in [0.2, 0.25) is 0 Å². The van der Waals surface area contributed by atoms with Gasteiger partial charge in [-0.05, 0) is 37.6 Å². The molecule has 0 amide bonds. The van der Waals surface area contributed by atoms with Crippen molar-refractivity contribution in [3.63, 3.8) is 0 Å². The van der Waals surface area contributed by atoms with Gasteiger partial charge in [-0.25, -0.2) is 4.98 Å². The first kappa shape index (κ1) is 17.0. The summed E-state index contributed by atoms with van der Waals surface area (Å²) in [4.78, 5) is 6.56. The highest BCUT2D eigenvalue weighted by Crippen LogP contribution is 2.40. The summed E-state index contributed by atoms with van der Waals surface area (Å²) in [7, 11) is 0. The van der Waals surface area contributed by atoms with Crippen LogP contribution in [0.1, 0.15) is 81.3 Å². The van der Waals surface area contributed by atoms with Gasteiger partial charge in [-0.15, -0.1) is 11.3 Å². The molecule has 1 N–H and O–H groups in total. The van der Waals surface area contributed by atoms with Gasteiger partial charge in [-0.3, -0.25) is 0 Å². The molecule has 2 rings (SSSR count). The lowest BCUT2D eigenvalue weighted by Gasteiger charge is -2.26. The lowest BCUT2D eigenvalue weighted by atomic mass is 9.80. The Morgan fingerprint density at radius 2 is 2.10 bits per heavy atom. The molecule has 120 valence electrons. The summed E-state index contributed by atoms with van der Waals surface area (Å²) < 4.78 is 0. The maximum Gasteiger partial charge on any atom is 0.0962 e. The fourth-order valence-corrected chi connectivity index (χ4v) is 4.60. The van der Waals surface area contributed by atoms with Crippen molar-refractivity contribution < 1.29 is 0 Å². The SMILES string of the molecule is CCNCc1sc(C2CCCC(CC)C2)nc1CC(C)C. The van der Waals surface area contributed by atoms with Crippen LogP contribution in [0.2, 0.25) is 0 Å². The lowest BCUT2D eigenvalue weighted by molar-refractivity contribution is 0.314. The summed E-state index contributed by atoms with van der Waals surface area (Å²) in [6, 6.07) is 0. The van der Waals surface area contributed by atoms with E-state index in [-0.39, 0.29) is 0 Å². The summed E-state index contributed by atoms with van der Waals surface area (Å²) >= 11 is 1.99. The Bertz CT molecular complexity index is 425. The zero-order valence-corrected chi connectivity index (χ0v) is 15.1. The quantitative estimate of drug-likeness (QED) is 0.755. The Hall–Kier alpha value is -0.410. The molecule has 2 atom stereocenters. The number of nitrogens with zero attached hydrogens (tertiary/aromatic N) is 1. The van der Waals surface area contributed by atoms with E-state index in [0.29, 0.717) is 5.92 Å². The molecule has 0 radical (unpaired) electrons. The third-order valence-electron chi connectivity index (χ3n) is 4.64. The molecule has 0 aliphatic heterocycles. The molecule has 2 unspecified atom stereocenters. The average Bonchev–Trinajstić information content (AvgIpc) is 2.87. The van der Waals surface area contributed by atoms with Gasteiger partial charge in [0.25, 0.3) is 0 Å². The fourth-order valence-electron chi connectivity index (χ4n) is 3.39. The first-order chi connectivity index (χ1) is 10.1. The predicted octanol–water partition coefficient (Wildman–Crippen LogP) is 5.13. The maximum atomic E-state index is 5.07. The molecule has 3 heteroatoms. The monoisotopic (exact) mass is 308 g/mol. The van der Waals surface area contributed by atoms with Crippen molar-refractivity contribution in [3.05, 3.63) is 15.6 Å². The van der Waals surface area contributed by atoms with Gasteiger partial charge >= 0.3 is 0 Å². The summed E-state index contributed by atoms with van der Waals surface area (Å²) in [5.74, 6) is 2.35. The van der Waals surface area contributed by atoms with Crippen molar-refractivity contribution >= 4 is 11.3 Å². The van der Waals surface area contributed by atoms with Crippen LogP contribution in [0.3, 0.4) is 0 Å². The minimum atomic E-state index is 0.690. The number of thiazole rings is 1. The summed E-state index contributed by atoms with van der Waals surface area (Å²) in [5.41, 5.74) is 1.37. The molecule has 1 aliphatic carbocycles. The standard InChI is InChI=1S/C18H32N2S/c1-5-14-8-7-9-15(11-14)18-20-16(10-13(3)4)17(21-18)12-19-6-2/h13-15,19H,5-12H2,1-4H3. The summed E-state index contributed by atoms with van der Waals surface area (Å²) in [6.45, 7) is 11.1. The molecular formula is C18H32N2S. The Kier molecular flexibility index (Phi) is 6.69. The second kappa shape index (κ2) is 8.28. The zero-order chi connectivity index (χ0) is 15.2. The molecule has 1 heterocycles. The highest BCUT2D eigenvalue weighted by molar-refractivity contribution is 7.11. The topological polar surface area (TPSA) is 24.9 Å². The average molecular weight is 309 g/mol. The van der Waals surface area contributed by atoms with Crippen LogP contribution in [-0.2, 0) is 13.0 Å². The molecule has 1 aromatic rings. The van der Waals surface area contributed by atoms with Crippen molar-refractivity contribution in [2.24, 2.45) is 11.8 Å².